The first kappa shape index (κ1) is 20.6. The van der Waals surface area contributed by atoms with E-state index in [9.17, 15) is 9.59 Å². The standard InChI is InChI=1S/C22H26BrN3O2/c23-19-10-8-18(9-11-19)22(28)24-13-12-21(27)25-16-20(26-14-4-5-15-26)17-6-2-1-3-7-17/h1-3,6-11,20H,4-5,12-16H2,(H,24,28)(H,25,27)/t20-/m0/s1. The van der Waals surface area contributed by atoms with Gasteiger partial charge in [0.1, 0.15) is 0 Å². The highest BCUT2D eigenvalue weighted by molar-refractivity contribution is 9.10. The molecule has 6 heteroatoms. The van der Waals surface area contributed by atoms with Crippen molar-refractivity contribution in [2.24, 2.45) is 0 Å². The van der Waals surface area contributed by atoms with E-state index in [0.29, 0.717) is 18.7 Å². The van der Waals surface area contributed by atoms with Crippen LogP contribution in [0.1, 0.15) is 41.2 Å². The lowest BCUT2D eigenvalue weighted by Gasteiger charge is -2.28. The third-order valence-electron chi connectivity index (χ3n) is 5.00. The van der Waals surface area contributed by atoms with Gasteiger partial charge in [0.05, 0.1) is 6.04 Å². The lowest BCUT2D eigenvalue weighted by atomic mass is 10.1. The molecule has 2 amide bonds. The molecule has 3 rings (SSSR count). The highest BCUT2D eigenvalue weighted by Gasteiger charge is 2.23. The summed E-state index contributed by atoms with van der Waals surface area (Å²) in [6, 6.07) is 17.7. The first-order chi connectivity index (χ1) is 13.6. The molecule has 1 aliphatic heterocycles. The molecule has 2 aromatic rings. The maximum Gasteiger partial charge on any atom is 0.251 e. The lowest BCUT2D eigenvalue weighted by molar-refractivity contribution is -0.121. The largest absolute Gasteiger partial charge is 0.354 e. The van der Waals surface area contributed by atoms with Crippen molar-refractivity contribution in [3.63, 3.8) is 0 Å². The average Bonchev–Trinajstić information content (AvgIpc) is 3.24. The van der Waals surface area contributed by atoms with Gasteiger partial charge in [0.15, 0.2) is 0 Å². The first-order valence-electron chi connectivity index (χ1n) is 9.73. The van der Waals surface area contributed by atoms with Crippen LogP contribution in [0, 0.1) is 0 Å². The molecule has 0 radical (unpaired) electrons. The van der Waals surface area contributed by atoms with Gasteiger partial charge in [-0.15, -0.1) is 0 Å². The second-order valence-corrected chi connectivity index (χ2v) is 7.90. The van der Waals surface area contributed by atoms with Gasteiger partial charge in [0.2, 0.25) is 5.91 Å². The van der Waals surface area contributed by atoms with Crippen LogP contribution in [-0.4, -0.2) is 42.9 Å². The molecule has 1 aliphatic rings. The summed E-state index contributed by atoms with van der Waals surface area (Å²) in [6.45, 7) is 3.04. The number of hydrogen-bond acceptors (Lipinski definition) is 3. The Balaban J connectivity index is 1.45. The fourth-order valence-corrected chi connectivity index (χ4v) is 3.74. The van der Waals surface area contributed by atoms with E-state index in [1.165, 1.54) is 18.4 Å². The minimum Gasteiger partial charge on any atom is -0.354 e. The minimum atomic E-state index is -0.167. The Hall–Kier alpha value is -2.18. The van der Waals surface area contributed by atoms with Crippen molar-refractivity contribution in [3.8, 4) is 0 Å². The molecule has 2 N–H and O–H groups in total. The molecule has 5 nitrogen and oxygen atoms in total. The van der Waals surface area contributed by atoms with E-state index in [2.05, 4.69) is 43.6 Å². The van der Waals surface area contributed by atoms with E-state index in [0.717, 1.165) is 17.6 Å². The molecule has 148 valence electrons. The van der Waals surface area contributed by atoms with E-state index in [1.807, 2.05) is 30.3 Å². The van der Waals surface area contributed by atoms with Gasteiger partial charge in [-0.25, -0.2) is 0 Å². The maximum absolute atomic E-state index is 12.3. The van der Waals surface area contributed by atoms with Crippen LogP contribution < -0.4 is 10.6 Å². The summed E-state index contributed by atoms with van der Waals surface area (Å²) >= 11 is 3.35. The zero-order chi connectivity index (χ0) is 19.8. The van der Waals surface area contributed by atoms with Gasteiger partial charge in [0.25, 0.3) is 5.91 Å². The Labute approximate surface area is 174 Å². The van der Waals surface area contributed by atoms with E-state index >= 15 is 0 Å². The van der Waals surface area contributed by atoms with Crippen molar-refractivity contribution in [1.29, 1.82) is 0 Å². The van der Waals surface area contributed by atoms with Crippen LogP contribution in [0.25, 0.3) is 0 Å². The zero-order valence-electron chi connectivity index (χ0n) is 15.9. The molecule has 1 saturated heterocycles. The number of benzene rings is 2. The van der Waals surface area contributed by atoms with Crippen LogP contribution in [-0.2, 0) is 4.79 Å². The first-order valence-corrected chi connectivity index (χ1v) is 10.5. The smallest absolute Gasteiger partial charge is 0.251 e. The molecule has 1 fully saturated rings. The fraction of sp³-hybridized carbons (Fsp3) is 0.364. The maximum atomic E-state index is 12.3. The molecule has 0 bridgehead atoms. The van der Waals surface area contributed by atoms with Crippen molar-refractivity contribution in [2.45, 2.75) is 25.3 Å². The third kappa shape index (κ3) is 5.91. The molecule has 2 aromatic carbocycles. The number of likely N-dealkylation sites (tertiary alicyclic amines) is 1. The number of hydrogen-bond donors (Lipinski definition) is 2. The summed E-state index contributed by atoms with van der Waals surface area (Å²) in [5, 5.41) is 5.84. The molecule has 1 heterocycles. The summed E-state index contributed by atoms with van der Waals surface area (Å²) in [5.74, 6) is -0.212. The second kappa shape index (κ2) is 10.4. The number of amides is 2. The number of carbonyl (C=O) groups is 2. The average molecular weight is 444 g/mol. The van der Waals surface area contributed by atoms with Gasteiger partial charge >= 0.3 is 0 Å². The van der Waals surface area contributed by atoms with Gasteiger partial charge in [-0.2, -0.15) is 0 Å². The Morgan fingerprint density at radius 3 is 2.32 bits per heavy atom. The molecular weight excluding hydrogens is 418 g/mol. The summed E-state index contributed by atoms with van der Waals surface area (Å²) in [5.41, 5.74) is 1.81. The number of nitrogens with one attached hydrogen (secondary N) is 2. The predicted molar refractivity (Wildman–Crippen MR) is 114 cm³/mol. The third-order valence-corrected chi connectivity index (χ3v) is 5.53. The highest BCUT2D eigenvalue weighted by atomic mass is 79.9. The SMILES string of the molecule is O=C(CCNC(=O)c1ccc(Br)cc1)NC[C@@H](c1ccccc1)N1CCCC1. The van der Waals surface area contributed by atoms with Crippen LogP contribution in [0.2, 0.25) is 0 Å². The van der Waals surface area contributed by atoms with E-state index in [1.54, 1.807) is 12.1 Å². The van der Waals surface area contributed by atoms with Gasteiger partial charge in [-0.1, -0.05) is 46.3 Å². The van der Waals surface area contributed by atoms with Crippen molar-refractivity contribution in [2.75, 3.05) is 26.2 Å². The lowest BCUT2D eigenvalue weighted by Crippen LogP contribution is -2.38. The number of halogens is 1. The summed E-state index contributed by atoms with van der Waals surface area (Å²) in [4.78, 5) is 26.8. The molecule has 0 spiro atoms. The Bertz CT molecular complexity index is 774. The summed E-state index contributed by atoms with van der Waals surface area (Å²) in [7, 11) is 0. The van der Waals surface area contributed by atoms with Crippen molar-refractivity contribution in [1.82, 2.24) is 15.5 Å². The minimum absolute atomic E-state index is 0.0452. The van der Waals surface area contributed by atoms with Gasteiger partial charge < -0.3 is 10.6 Å². The van der Waals surface area contributed by atoms with Gasteiger partial charge in [0, 0.05) is 29.5 Å². The topological polar surface area (TPSA) is 61.4 Å². The zero-order valence-corrected chi connectivity index (χ0v) is 17.5. The number of nitrogens with zero attached hydrogens (tertiary/aromatic N) is 1. The van der Waals surface area contributed by atoms with Crippen LogP contribution in [0.3, 0.4) is 0 Å². The van der Waals surface area contributed by atoms with E-state index < -0.39 is 0 Å². The van der Waals surface area contributed by atoms with Gasteiger partial charge in [-0.3, -0.25) is 14.5 Å². The van der Waals surface area contributed by atoms with Crippen molar-refractivity contribution < 1.29 is 9.59 Å². The van der Waals surface area contributed by atoms with Crippen LogP contribution in [0.15, 0.2) is 59.1 Å². The molecular formula is C22H26BrN3O2. The molecule has 1 atom stereocenters. The second-order valence-electron chi connectivity index (χ2n) is 6.99. The van der Waals surface area contributed by atoms with Crippen molar-refractivity contribution in [3.05, 3.63) is 70.2 Å². The van der Waals surface area contributed by atoms with Gasteiger partial charge in [-0.05, 0) is 55.8 Å². The molecule has 0 unspecified atom stereocenters. The fourth-order valence-electron chi connectivity index (χ4n) is 3.48. The van der Waals surface area contributed by atoms with E-state index in [4.69, 9.17) is 0 Å². The molecule has 0 aliphatic carbocycles. The molecule has 28 heavy (non-hydrogen) atoms. The molecule has 0 saturated carbocycles. The summed E-state index contributed by atoms with van der Waals surface area (Å²) in [6.07, 6.45) is 2.68. The van der Waals surface area contributed by atoms with Crippen LogP contribution in [0.4, 0.5) is 0 Å². The quantitative estimate of drug-likeness (QED) is 0.655. The highest BCUT2D eigenvalue weighted by Crippen LogP contribution is 2.24. The van der Waals surface area contributed by atoms with Crippen LogP contribution in [0.5, 0.6) is 0 Å². The normalized spacial score (nSPS) is 15.2. The van der Waals surface area contributed by atoms with Crippen molar-refractivity contribution >= 4 is 27.7 Å². The van der Waals surface area contributed by atoms with E-state index in [-0.39, 0.29) is 24.3 Å². The predicted octanol–water partition coefficient (Wildman–Crippen LogP) is 3.52. The van der Waals surface area contributed by atoms with Crippen LogP contribution >= 0.6 is 15.9 Å². The monoisotopic (exact) mass is 443 g/mol. The number of carbonyl (C=O) groups excluding carboxylic acids is 2. The number of rotatable bonds is 8. The Morgan fingerprint density at radius 1 is 0.964 bits per heavy atom. The summed E-state index contributed by atoms with van der Waals surface area (Å²) < 4.78 is 0.925. The Kier molecular flexibility index (Phi) is 7.62. The Morgan fingerprint density at radius 2 is 1.64 bits per heavy atom. The molecule has 0 aromatic heterocycles.